The van der Waals surface area contributed by atoms with Gasteiger partial charge >= 0.3 is 5.97 Å². The average molecular weight is 199 g/mol. The molecule has 3 heteroatoms. The summed E-state index contributed by atoms with van der Waals surface area (Å²) in [5.74, 6) is -0.174. The van der Waals surface area contributed by atoms with Crippen molar-refractivity contribution in [3.63, 3.8) is 0 Å². The monoisotopic (exact) mass is 199 g/mol. The number of carbonyl (C=O) groups is 1. The summed E-state index contributed by atoms with van der Waals surface area (Å²) in [5.41, 5.74) is -0.516. The maximum absolute atomic E-state index is 11.6. The van der Waals surface area contributed by atoms with Crippen LogP contribution in [-0.4, -0.2) is 37.6 Å². The van der Waals surface area contributed by atoms with Gasteiger partial charge in [-0.25, -0.2) is 0 Å². The van der Waals surface area contributed by atoms with E-state index in [4.69, 9.17) is 4.74 Å². The van der Waals surface area contributed by atoms with Gasteiger partial charge in [-0.05, 0) is 40.3 Å². The number of unbranched alkanes of at least 4 members (excludes halogenated alkanes) is 1. The molecule has 0 bridgehead atoms. The number of hydrogen-bond acceptors (Lipinski definition) is 3. The fourth-order valence-corrected chi connectivity index (χ4v) is 1.32. The van der Waals surface area contributed by atoms with Gasteiger partial charge in [0.25, 0.3) is 0 Å². The van der Waals surface area contributed by atoms with Crippen LogP contribution < -0.4 is 0 Å². The average Bonchev–Trinajstić information content (AvgIpc) is 2.16. The Morgan fingerprint density at radius 3 is 2.50 bits per heavy atom. The molecule has 0 radical (unpaired) electrons. The standard InChI is InChI=1S/C11H21NO2/c1-6-7-8-9-11(2,12(3)4)10(13)14-5/h6H,1,7-9H2,2-5H3. The Hall–Kier alpha value is -0.830. The van der Waals surface area contributed by atoms with E-state index in [-0.39, 0.29) is 5.97 Å². The SMILES string of the molecule is C=CCCCC(C)(C(=O)OC)N(C)C. The van der Waals surface area contributed by atoms with Gasteiger partial charge in [0.05, 0.1) is 7.11 Å². The zero-order valence-electron chi connectivity index (χ0n) is 9.67. The molecule has 0 heterocycles. The molecule has 0 rings (SSSR count). The number of ether oxygens (including phenoxy) is 1. The second-order valence-corrected chi connectivity index (χ2v) is 3.84. The van der Waals surface area contributed by atoms with Gasteiger partial charge in [0, 0.05) is 0 Å². The molecule has 0 amide bonds. The fourth-order valence-electron chi connectivity index (χ4n) is 1.32. The highest BCUT2D eigenvalue weighted by Gasteiger charge is 2.35. The third-order valence-electron chi connectivity index (χ3n) is 2.68. The lowest BCUT2D eigenvalue weighted by Crippen LogP contribution is -2.49. The van der Waals surface area contributed by atoms with Gasteiger partial charge in [0.2, 0.25) is 0 Å². The summed E-state index contributed by atoms with van der Waals surface area (Å²) in [6, 6.07) is 0. The summed E-state index contributed by atoms with van der Waals surface area (Å²) in [7, 11) is 5.22. The number of nitrogens with zero attached hydrogens (tertiary/aromatic N) is 1. The Labute approximate surface area is 86.7 Å². The molecule has 82 valence electrons. The van der Waals surface area contributed by atoms with E-state index < -0.39 is 5.54 Å². The topological polar surface area (TPSA) is 29.5 Å². The molecule has 3 nitrogen and oxygen atoms in total. The largest absolute Gasteiger partial charge is 0.468 e. The van der Waals surface area contributed by atoms with E-state index in [0.29, 0.717) is 0 Å². The molecular weight excluding hydrogens is 178 g/mol. The smallest absolute Gasteiger partial charge is 0.325 e. The lowest BCUT2D eigenvalue weighted by atomic mass is 9.93. The maximum Gasteiger partial charge on any atom is 0.325 e. The lowest BCUT2D eigenvalue weighted by Gasteiger charge is -2.33. The van der Waals surface area contributed by atoms with Crippen LogP contribution >= 0.6 is 0 Å². The first-order valence-electron chi connectivity index (χ1n) is 4.85. The van der Waals surface area contributed by atoms with Gasteiger partial charge in [-0.1, -0.05) is 6.08 Å². The van der Waals surface area contributed by atoms with Crippen molar-refractivity contribution in [3.05, 3.63) is 12.7 Å². The van der Waals surface area contributed by atoms with Crippen LogP contribution in [0.2, 0.25) is 0 Å². The first kappa shape index (κ1) is 13.2. The number of hydrogen-bond donors (Lipinski definition) is 0. The number of esters is 1. The highest BCUT2D eigenvalue weighted by atomic mass is 16.5. The molecule has 0 aromatic carbocycles. The summed E-state index contributed by atoms with van der Waals surface area (Å²) in [6.07, 6.45) is 4.54. The summed E-state index contributed by atoms with van der Waals surface area (Å²) in [4.78, 5) is 13.5. The molecule has 1 atom stereocenters. The Bertz CT molecular complexity index is 201. The Morgan fingerprint density at radius 2 is 2.14 bits per heavy atom. The summed E-state index contributed by atoms with van der Waals surface area (Å²) in [6.45, 7) is 5.57. The van der Waals surface area contributed by atoms with Crippen LogP contribution in [-0.2, 0) is 9.53 Å². The van der Waals surface area contributed by atoms with Crippen LogP contribution in [0.3, 0.4) is 0 Å². The summed E-state index contributed by atoms with van der Waals surface area (Å²) >= 11 is 0. The third kappa shape index (κ3) is 3.14. The zero-order chi connectivity index (χ0) is 11.2. The summed E-state index contributed by atoms with van der Waals surface area (Å²) < 4.78 is 4.80. The van der Waals surface area contributed by atoms with E-state index in [1.807, 2.05) is 32.0 Å². The fraction of sp³-hybridized carbons (Fsp3) is 0.727. The van der Waals surface area contributed by atoms with E-state index in [1.54, 1.807) is 0 Å². The minimum Gasteiger partial charge on any atom is -0.468 e. The Morgan fingerprint density at radius 1 is 1.57 bits per heavy atom. The number of likely N-dealkylation sites (N-methyl/N-ethyl adjacent to an activating group) is 1. The van der Waals surface area contributed by atoms with Gasteiger partial charge in [-0.15, -0.1) is 6.58 Å². The molecule has 0 spiro atoms. The molecule has 0 fully saturated rings. The summed E-state index contributed by atoms with van der Waals surface area (Å²) in [5, 5.41) is 0. The van der Waals surface area contributed by atoms with Gasteiger partial charge in [-0.3, -0.25) is 9.69 Å². The quantitative estimate of drug-likeness (QED) is 0.371. The second kappa shape index (κ2) is 5.81. The molecule has 0 aliphatic heterocycles. The predicted octanol–water partition coefficient (Wildman–Crippen LogP) is 1.84. The Balaban J connectivity index is 4.39. The lowest BCUT2D eigenvalue weighted by molar-refractivity contribution is -0.153. The normalized spacial score (nSPS) is 14.9. The van der Waals surface area contributed by atoms with Crippen molar-refractivity contribution in [2.24, 2.45) is 0 Å². The first-order chi connectivity index (χ1) is 6.49. The molecule has 0 saturated carbocycles. The molecule has 0 saturated heterocycles. The van der Waals surface area contributed by atoms with Gasteiger partial charge < -0.3 is 4.74 Å². The van der Waals surface area contributed by atoms with Gasteiger partial charge in [0.1, 0.15) is 5.54 Å². The van der Waals surface area contributed by atoms with E-state index in [1.165, 1.54) is 7.11 Å². The van der Waals surface area contributed by atoms with Gasteiger partial charge in [0.15, 0.2) is 0 Å². The number of methoxy groups -OCH3 is 1. The van der Waals surface area contributed by atoms with Crippen molar-refractivity contribution >= 4 is 5.97 Å². The predicted molar refractivity (Wildman–Crippen MR) is 58.2 cm³/mol. The highest BCUT2D eigenvalue weighted by Crippen LogP contribution is 2.21. The number of allylic oxidation sites excluding steroid dienone is 1. The first-order valence-corrected chi connectivity index (χ1v) is 4.85. The number of rotatable bonds is 6. The van der Waals surface area contributed by atoms with Crippen LogP contribution in [0.5, 0.6) is 0 Å². The van der Waals surface area contributed by atoms with Crippen LogP contribution in [0.4, 0.5) is 0 Å². The Kier molecular flexibility index (Phi) is 5.46. The van der Waals surface area contributed by atoms with Crippen molar-refractivity contribution in [1.82, 2.24) is 4.90 Å². The van der Waals surface area contributed by atoms with Crippen LogP contribution in [0.15, 0.2) is 12.7 Å². The zero-order valence-corrected chi connectivity index (χ0v) is 9.67. The van der Waals surface area contributed by atoms with Crippen molar-refractivity contribution in [2.75, 3.05) is 21.2 Å². The highest BCUT2D eigenvalue weighted by molar-refractivity contribution is 5.80. The number of carbonyl (C=O) groups excluding carboxylic acids is 1. The molecular formula is C11H21NO2. The molecule has 0 aliphatic rings. The van der Waals surface area contributed by atoms with E-state index >= 15 is 0 Å². The van der Waals surface area contributed by atoms with Crippen LogP contribution in [0, 0.1) is 0 Å². The van der Waals surface area contributed by atoms with E-state index in [0.717, 1.165) is 19.3 Å². The molecule has 1 unspecified atom stereocenters. The molecule has 14 heavy (non-hydrogen) atoms. The molecule has 0 N–H and O–H groups in total. The minimum atomic E-state index is -0.516. The second-order valence-electron chi connectivity index (χ2n) is 3.84. The van der Waals surface area contributed by atoms with E-state index in [2.05, 4.69) is 6.58 Å². The van der Waals surface area contributed by atoms with E-state index in [9.17, 15) is 4.79 Å². The molecule has 0 aromatic rings. The van der Waals surface area contributed by atoms with Crippen molar-refractivity contribution < 1.29 is 9.53 Å². The third-order valence-corrected chi connectivity index (χ3v) is 2.68. The van der Waals surface area contributed by atoms with Crippen molar-refractivity contribution in [1.29, 1.82) is 0 Å². The minimum absolute atomic E-state index is 0.174. The molecule has 0 aliphatic carbocycles. The molecule has 0 aromatic heterocycles. The van der Waals surface area contributed by atoms with Crippen LogP contribution in [0.25, 0.3) is 0 Å². The van der Waals surface area contributed by atoms with Gasteiger partial charge in [-0.2, -0.15) is 0 Å². The van der Waals surface area contributed by atoms with Crippen molar-refractivity contribution in [3.8, 4) is 0 Å². The van der Waals surface area contributed by atoms with Crippen LogP contribution in [0.1, 0.15) is 26.2 Å². The maximum atomic E-state index is 11.6. The van der Waals surface area contributed by atoms with Crippen molar-refractivity contribution in [2.45, 2.75) is 31.7 Å².